The number of nitrogens with one attached hydrogen (secondary N) is 1. The van der Waals surface area contributed by atoms with Crippen molar-refractivity contribution in [2.75, 3.05) is 17.6 Å². The second-order valence-corrected chi connectivity index (χ2v) is 7.44. The number of hydrogen-bond acceptors (Lipinski definition) is 3. The maximum atomic E-state index is 12.1. The Hall–Kier alpha value is -1.33. The Morgan fingerprint density at radius 3 is 2.25 bits per heavy atom. The maximum absolute atomic E-state index is 12.1. The van der Waals surface area contributed by atoms with E-state index in [4.69, 9.17) is 0 Å². The van der Waals surface area contributed by atoms with E-state index >= 15 is 0 Å². The zero-order chi connectivity index (χ0) is 14.4. The van der Waals surface area contributed by atoms with Crippen LogP contribution in [0, 0.1) is 0 Å². The Morgan fingerprint density at radius 2 is 1.60 bits per heavy atom. The summed E-state index contributed by atoms with van der Waals surface area (Å²) in [5, 5.41) is 3.21. The van der Waals surface area contributed by atoms with Gasteiger partial charge in [0.15, 0.2) is 9.84 Å². The van der Waals surface area contributed by atoms with Crippen molar-refractivity contribution in [3.05, 3.63) is 59.1 Å². The third-order valence-electron chi connectivity index (χ3n) is 2.87. The molecule has 2 rings (SSSR count). The van der Waals surface area contributed by atoms with Gasteiger partial charge in [-0.2, -0.15) is 0 Å². The molecule has 1 N–H and O–H groups in total. The number of anilines is 1. The van der Waals surface area contributed by atoms with Gasteiger partial charge in [-0.15, -0.1) is 0 Å². The minimum Gasteiger partial charge on any atom is -0.385 e. The van der Waals surface area contributed by atoms with Gasteiger partial charge in [-0.1, -0.05) is 34.1 Å². The number of sulfone groups is 1. The maximum Gasteiger partial charge on any atom is 0.178 e. The molecule has 0 aliphatic heterocycles. The van der Waals surface area contributed by atoms with Gasteiger partial charge in [-0.25, -0.2) is 8.42 Å². The molecule has 0 aromatic heterocycles. The summed E-state index contributed by atoms with van der Waals surface area (Å²) in [5.74, 6) is 0.147. The zero-order valence-electron chi connectivity index (χ0n) is 10.9. The van der Waals surface area contributed by atoms with Crippen molar-refractivity contribution < 1.29 is 8.42 Å². The van der Waals surface area contributed by atoms with Crippen molar-refractivity contribution >= 4 is 31.5 Å². The quantitative estimate of drug-likeness (QED) is 0.804. The van der Waals surface area contributed by atoms with Gasteiger partial charge >= 0.3 is 0 Å². The zero-order valence-corrected chi connectivity index (χ0v) is 13.3. The molecule has 5 heteroatoms. The molecule has 2 aromatic carbocycles. The van der Waals surface area contributed by atoms with Crippen LogP contribution in [0.5, 0.6) is 0 Å². The summed E-state index contributed by atoms with van der Waals surface area (Å²) < 4.78 is 25.1. The summed E-state index contributed by atoms with van der Waals surface area (Å²) in [5.41, 5.74) is 1.01. The molecule has 106 valence electrons. The predicted molar refractivity (Wildman–Crippen MR) is 85.7 cm³/mol. The smallest absolute Gasteiger partial charge is 0.178 e. The van der Waals surface area contributed by atoms with E-state index in [1.165, 1.54) is 0 Å². The highest BCUT2D eigenvalue weighted by atomic mass is 79.9. The minimum atomic E-state index is -3.19. The van der Waals surface area contributed by atoms with Crippen LogP contribution in [0.15, 0.2) is 64.0 Å². The highest BCUT2D eigenvalue weighted by Crippen LogP contribution is 2.16. The second kappa shape index (κ2) is 6.90. The van der Waals surface area contributed by atoms with Crippen molar-refractivity contribution in [2.24, 2.45) is 0 Å². The summed E-state index contributed by atoms with van der Waals surface area (Å²) in [6, 6.07) is 16.5. The van der Waals surface area contributed by atoms with Crippen LogP contribution in [0.1, 0.15) is 6.42 Å². The van der Waals surface area contributed by atoms with Gasteiger partial charge in [0.1, 0.15) is 0 Å². The third kappa shape index (κ3) is 4.35. The molecule has 2 aromatic rings. The first-order chi connectivity index (χ1) is 9.58. The number of benzene rings is 2. The van der Waals surface area contributed by atoms with E-state index in [1.807, 2.05) is 30.3 Å². The van der Waals surface area contributed by atoms with Crippen LogP contribution in [-0.2, 0) is 9.84 Å². The monoisotopic (exact) mass is 353 g/mol. The SMILES string of the molecule is O=S(=O)(CCCNc1ccccc1)c1ccc(Br)cc1. The molecular weight excluding hydrogens is 338 g/mol. The normalized spacial score (nSPS) is 11.2. The van der Waals surface area contributed by atoms with Crippen LogP contribution in [0.25, 0.3) is 0 Å². The van der Waals surface area contributed by atoms with Crippen molar-refractivity contribution in [3.8, 4) is 0 Å². The molecule has 0 atom stereocenters. The fourth-order valence-electron chi connectivity index (χ4n) is 1.81. The molecular formula is C15H16BrNO2S. The average molecular weight is 354 g/mol. The van der Waals surface area contributed by atoms with E-state index in [1.54, 1.807) is 24.3 Å². The van der Waals surface area contributed by atoms with Crippen molar-refractivity contribution in [3.63, 3.8) is 0 Å². The molecule has 0 spiro atoms. The topological polar surface area (TPSA) is 46.2 Å². The Labute approximate surface area is 128 Å². The molecule has 20 heavy (non-hydrogen) atoms. The molecule has 0 saturated carbocycles. The van der Waals surface area contributed by atoms with Gasteiger partial charge < -0.3 is 5.32 Å². The number of hydrogen-bond donors (Lipinski definition) is 1. The molecule has 0 amide bonds. The number of halogens is 1. The summed E-state index contributed by atoms with van der Waals surface area (Å²) in [7, 11) is -3.19. The van der Waals surface area contributed by atoms with E-state index in [2.05, 4.69) is 21.2 Å². The van der Waals surface area contributed by atoms with Gasteiger partial charge in [-0.05, 0) is 42.8 Å². The van der Waals surface area contributed by atoms with E-state index in [9.17, 15) is 8.42 Å². The van der Waals surface area contributed by atoms with E-state index in [0.717, 1.165) is 10.2 Å². The second-order valence-electron chi connectivity index (χ2n) is 4.42. The molecule has 0 aliphatic rings. The Kier molecular flexibility index (Phi) is 5.20. The minimum absolute atomic E-state index is 0.147. The number of rotatable bonds is 6. The highest BCUT2D eigenvalue weighted by Gasteiger charge is 2.13. The number of para-hydroxylation sites is 1. The van der Waals surface area contributed by atoms with Gasteiger partial charge in [0, 0.05) is 16.7 Å². The van der Waals surface area contributed by atoms with Crippen molar-refractivity contribution in [2.45, 2.75) is 11.3 Å². The van der Waals surface area contributed by atoms with Gasteiger partial charge in [0.05, 0.1) is 10.6 Å². The Morgan fingerprint density at radius 1 is 0.950 bits per heavy atom. The molecule has 0 fully saturated rings. The average Bonchev–Trinajstić information content (AvgIpc) is 2.45. The van der Waals surface area contributed by atoms with Crippen molar-refractivity contribution in [1.82, 2.24) is 0 Å². The first-order valence-electron chi connectivity index (χ1n) is 6.35. The molecule has 0 aliphatic carbocycles. The first kappa shape index (κ1) is 15.1. The lowest BCUT2D eigenvalue weighted by Crippen LogP contribution is -2.11. The van der Waals surface area contributed by atoms with Crippen LogP contribution in [0.2, 0.25) is 0 Å². The van der Waals surface area contributed by atoms with Crippen LogP contribution >= 0.6 is 15.9 Å². The lowest BCUT2D eigenvalue weighted by atomic mass is 10.3. The van der Waals surface area contributed by atoms with E-state index in [0.29, 0.717) is 17.9 Å². The van der Waals surface area contributed by atoms with E-state index < -0.39 is 9.84 Å². The summed E-state index contributed by atoms with van der Waals surface area (Å²) >= 11 is 3.30. The molecule has 0 unspecified atom stereocenters. The van der Waals surface area contributed by atoms with Gasteiger partial charge in [-0.3, -0.25) is 0 Å². The lowest BCUT2D eigenvalue weighted by molar-refractivity contribution is 0.594. The van der Waals surface area contributed by atoms with Gasteiger partial charge in [0.2, 0.25) is 0 Å². The van der Waals surface area contributed by atoms with Gasteiger partial charge in [0.25, 0.3) is 0 Å². The van der Waals surface area contributed by atoms with Crippen LogP contribution < -0.4 is 5.32 Å². The van der Waals surface area contributed by atoms with Crippen LogP contribution in [-0.4, -0.2) is 20.7 Å². The van der Waals surface area contributed by atoms with Crippen LogP contribution in [0.4, 0.5) is 5.69 Å². The summed E-state index contributed by atoms with van der Waals surface area (Å²) in [6.45, 7) is 0.639. The standard InChI is InChI=1S/C15H16BrNO2S/c16-13-7-9-15(10-8-13)20(18,19)12-4-11-17-14-5-2-1-3-6-14/h1-3,5-10,17H,4,11-12H2. The highest BCUT2D eigenvalue weighted by molar-refractivity contribution is 9.10. The fourth-order valence-corrected chi connectivity index (χ4v) is 3.39. The fraction of sp³-hybridized carbons (Fsp3) is 0.200. The first-order valence-corrected chi connectivity index (χ1v) is 8.80. The molecule has 0 bridgehead atoms. The Balaban J connectivity index is 1.85. The largest absolute Gasteiger partial charge is 0.385 e. The molecule has 0 radical (unpaired) electrons. The summed E-state index contributed by atoms with van der Waals surface area (Å²) in [6.07, 6.45) is 0.577. The Bertz CT molecular complexity index is 639. The molecule has 0 heterocycles. The molecule has 3 nitrogen and oxygen atoms in total. The molecule has 0 saturated heterocycles. The van der Waals surface area contributed by atoms with Crippen molar-refractivity contribution in [1.29, 1.82) is 0 Å². The predicted octanol–water partition coefficient (Wildman–Crippen LogP) is 3.73. The van der Waals surface area contributed by atoms with Crippen LogP contribution in [0.3, 0.4) is 0 Å². The summed E-state index contributed by atoms with van der Waals surface area (Å²) in [4.78, 5) is 0.375. The lowest BCUT2D eigenvalue weighted by Gasteiger charge is -2.07. The van der Waals surface area contributed by atoms with E-state index in [-0.39, 0.29) is 5.75 Å². The third-order valence-corrected chi connectivity index (χ3v) is 5.21.